The van der Waals surface area contributed by atoms with Crippen LogP contribution in [0.5, 0.6) is 0 Å². The molecule has 0 saturated heterocycles. The van der Waals surface area contributed by atoms with Gasteiger partial charge in [-0.25, -0.2) is 15.0 Å². The predicted molar refractivity (Wildman–Crippen MR) is 250 cm³/mol. The Morgan fingerprint density at radius 1 is 0.217 bits per heavy atom. The molecular formula is C57H37N3. The molecule has 0 spiro atoms. The average Bonchev–Trinajstić information content (AvgIpc) is 3.34. The molecule has 0 fully saturated rings. The molecule has 0 unspecified atom stereocenters. The van der Waals surface area contributed by atoms with E-state index in [1.54, 1.807) is 0 Å². The lowest BCUT2D eigenvalue weighted by molar-refractivity contribution is 1.07. The van der Waals surface area contributed by atoms with Gasteiger partial charge in [-0.1, -0.05) is 200 Å². The van der Waals surface area contributed by atoms with Gasteiger partial charge in [-0.05, 0) is 101 Å². The molecule has 0 aliphatic rings. The number of aromatic nitrogens is 3. The van der Waals surface area contributed by atoms with Crippen LogP contribution in [-0.4, -0.2) is 15.0 Å². The van der Waals surface area contributed by atoms with Gasteiger partial charge in [0.1, 0.15) is 0 Å². The smallest absolute Gasteiger partial charge is 0.164 e. The number of hydrogen-bond donors (Lipinski definition) is 0. The van der Waals surface area contributed by atoms with Crippen LogP contribution < -0.4 is 0 Å². The monoisotopic (exact) mass is 763 g/mol. The van der Waals surface area contributed by atoms with E-state index >= 15 is 0 Å². The molecule has 3 nitrogen and oxygen atoms in total. The Kier molecular flexibility index (Phi) is 8.83. The Balaban J connectivity index is 1.09. The molecule has 11 rings (SSSR count). The lowest BCUT2D eigenvalue weighted by Crippen LogP contribution is -2.01. The van der Waals surface area contributed by atoms with Crippen molar-refractivity contribution < 1.29 is 0 Å². The first-order valence-corrected chi connectivity index (χ1v) is 20.3. The summed E-state index contributed by atoms with van der Waals surface area (Å²) < 4.78 is 0. The number of fused-ring (bicyclic) bond motifs is 4. The van der Waals surface area contributed by atoms with E-state index in [1.807, 2.05) is 6.07 Å². The summed E-state index contributed by atoms with van der Waals surface area (Å²) in [5.74, 6) is 1.86. The summed E-state index contributed by atoms with van der Waals surface area (Å²) in [5.41, 5.74) is 11.8. The zero-order chi connectivity index (χ0) is 39.8. The highest BCUT2D eigenvalue weighted by atomic mass is 15.0. The van der Waals surface area contributed by atoms with E-state index in [-0.39, 0.29) is 0 Å². The first kappa shape index (κ1) is 35.2. The lowest BCUT2D eigenvalue weighted by Gasteiger charge is -2.15. The van der Waals surface area contributed by atoms with Crippen molar-refractivity contribution in [1.29, 1.82) is 0 Å². The van der Waals surface area contributed by atoms with E-state index in [4.69, 9.17) is 15.0 Å². The van der Waals surface area contributed by atoms with Gasteiger partial charge in [-0.15, -0.1) is 0 Å². The second kappa shape index (κ2) is 15.1. The first-order chi connectivity index (χ1) is 29.7. The van der Waals surface area contributed by atoms with Crippen molar-refractivity contribution in [2.75, 3.05) is 0 Å². The van der Waals surface area contributed by atoms with Crippen LogP contribution in [0.15, 0.2) is 224 Å². The third kappa shape index (κ3) is 6.49. The van der Waals surface area contributed by atoms with Crippen LogP contribution >= 0.6 is 0 Å². The Morgan fingerprint density at radius 2 is 0.733 bits per heavy atom. The van der Waals surface area contributed by atoms with Crippen molar-refractivity contribution in [3.63, 3.8) is 0 Å². The molecule has 0 radical (unpaired) electrons. The van der Waals surface area contributed by atoms with Crippen molar-refractivity contribution in [2.45, 2.75) is 0 Å². The lowest BCUT2D eigenvalue weighted by atomic mass is 9.89. The van der Waals surface area contributed by atoms with E-state index in [9.17, 15) is 0 Å². The summed E-state index contributed by atoms with van der Waals surface area (Å²) in [6, 6.07) is 79.5. The molecule has 1 heterocycles. The fraction of sp³-hybridized carbons (Fsp3) is 0. The first-order valence-electron chi connectivity index (χ1n) is 20.3. The number of nitrogens with zero attached hydrogens (tertiary/aromatic N) is 3. The predicted octanol–water partition coefficient (Wildman–Crippen LogP) is 15.0. The van der Waals surface area contributed by atoms with Crippen LogP contribution in [0, 0.1) is 0 Å². The minimum Gasteiger partial charge on any atom is -0.208 e. The summed E-state index contributed by atoms with van der Waals surface area (Å²) in [6.07, 6.45) is 0. The van der Waals surface area contributed by atoms with Crippen LogP contribution in [-0.2, 0) is 0 Å². The van der Waals surface area contributed by atoms with Crippen LogP contribution in [0.3, 0.4) is 0 Å². The van der Waals surface area contributed by atoms with Gasteiger partial charge in [0.2, 0.25) is 0 Å². The summed E-state index contributed by atoms with van der Waals surface area (Å²) in [6.45, 7) is 0. The van der Waals surface area contributed by atoms with Gasteiger partial charge < -0.3 is 0 Å². The standard InChI is InChI=1S/C57H37N3/c1-4-15-38(16-5-1)44-23-14-24-47(35-44)56-58-55(59-57(60-56)51-34-32-45(39-17-6-2-7-18-39)36-52(51)40-19-8-3-9-20-40)43-29-27-42(28-30-43)54-49-26-13-11-22-46(49)37-53-48-25-12-10-21-41(48)31-33-50(53)54/h1-37H. The van der Waals surface area contributed by atoms with Crippen molar-refractivity contribution in [3.05, 3.63) is 224 Å². The molecular weight excluding hydrogens is 727 g/mol. The number of rotatable bonds is 7. The van der Waals surface area contributed by atoms with Crippen LogP contribution in [0.1, 0.15) is 0 Å². The fourth-order valence-corrected chi connectivity index (χ4v) is 8.55. The van der Waals surface area contributed by atoms with Crippen molar-refractivity contribution in [2.24, 2.45) is 0 Å². The third-order valence-corrected chi connectivity index (χ3v) is 11.5. The van der Waals surface area contributed by atoms with Gasteiger partial charge in [0.15, 0.2) is 17.5 Å². The second-order valence-electron chi connectivity index (χ2n) is 15.2. The van der Waals surface area contributed by atoms with Gasteiger partial charge in [-0.3, -0.25) is 0 Å². The fourth-order valence-electron chi connectivity index (χ4n) is 8.55. The second-order valence-corrected chi connectivity index (χ2v) is 15.2. The van der Waals surface area contributed by atoms with Crippen LogP contribution in [0.4, 0.5) is 0 Å². The molecule has 0 aliphatic heterocycles. The van der Waals surface area contributed by atoms with Gasteiger partial charge in [0, 0.05) is 16.7 Å². The molecule has 0 saturated carbocycles. The van der Waals surface area contributed by atoms with Gasteiger partial charge >= 0.3 is 0 Å². The molecule has 60 heavy (non-hydrogen) atoms. The molecule has 3 heteroatoms. The molecule has 11 aromatic rings. The minimum atomic E-state index is 0.617. The molecule has 0 atom stereocenters. The Hall–Kier alpha value is -8.01. The maximum atomic E-state index is 5.28. The van der Waals surface area contributed by atoms with Crippen LogP contribution in [0.2, 0.25) is 0 Å². The molecule has 0 amide bonds. The molecule has 1 aromatic heterocycles. The van der Waals surface area contributed by atoms with E-state index < -0.39 is 0 Å². The van der Waals surface area contributed by atoms with E-state index in [0.717, 1.165) is 55.6 Å². The maximum absolute atomic E-state index is 5.28. The largest absolute Gasteiger partial charge is 0.208 e. The topological polar surface area (TPSA) is 38.7 Å². The average molecular weight is 764 g/mol. The summed E-state index contributed by atoms with van der Waals surface area (Å²) in [7, 11) is 0. The summed E-state index contributed by atoms with van der Waals surface area (Å²) in [4.78, 5) is 15.8. The molecule has 0 bridgehead atoms. The molecule has 0 N–H and O–H groups in total. The van der Waals surface area contributed by atoms with E-state index in [1.165, 1.54) is 37.9 Å². The highest BCUT2D eigenvalue weighted by Gasteiger charge is 2.18. The maximum Gasteiger partial charge on any atom is 0.164 e. The van der Waals surface area contributed by atoms with Gasteiger partial charge in [-0.2, -0.15) is 0 Å². The number of hydrogen-bond acceptors (Lipinski definition) is 3. The highest BCUT2D eigenvalue weighted by Crippen LogP contribution is 2.41. The van der Waals surface area contributed by atoms with E-state index in [2.05, 4.69) is 218 Å². The van der Waals surface area contributed by atoms with E-state index in [0.29, 0.717) is 17.5 Å². The molecule has 10 aromatic carbocycles. The van der Waals surface area contributed by atoms with Crippen molar-refractivity contribution in [3.8, 4) is 78.7 Å². The number of benzene rings is 10. The Labute approximate surface area is 349 Å². The Morgan fingerprint density at radius 3 is 1.45 bits per heavy atom. The summed E-state index contributed by atoms with van der Waals surface area (Å²) in [5, 5.41) is 7.42. The zero-order valence-corrected chi connectivity index (χ0v) is 32.7. The Bertz CT molecular complexity index is 3340. The van der Waals surface area contributed by atoms with Gasteiger partial charge in [0.25, 0.3) is 0 Å². The summed E-state index contributed by atoms with van der Waals surface area (Å²) >= 11 is 0. The van der Waals surface area contributed by atoms with Crippen LogP contribution in [0.25, 0.3) is 111 Å². The van der Waals surface area contributed by atoms with Gasteiger partial charge in [0.05, 0.1) is 0 Å². The highest BCUT2D eigenvalue weighted by molar-refractivity contribution is 6.20. The SMILES string of the molecule is c1ccc(-c2cccc(-c3nc(-c4ccc(-c5c6ccccc6cc6c5ccc5ccccc56)cc4)nc(-c4ccc(-c5ccccc5)cc4-c4ccccc4)n3)c2)cc1. The zero-order valence-electron chi connectivity index (χ0n) is 32.7. The molecule has 0 aliphatic carbocycles. The minimum absolute atomic E-state index is 0.617. The third-order valence-electron chi connectivity index (χ3n) is 11.5. The normalized spacial score (nSPS) is 11.3. The molecule has 280 valence electrons. The van der Waals surface area contributed by atoms with Crippen molar-refractivity contribution >= 4 is 32.3 Å². The van der Waals surface area contributed by atoms with Crippen molar-refractivity contribution in [1.82, 2.24) is 15.0 Å². The quantitative estimate of drug-likeness (QED) is 0.120.